The van der Waals surface area contributed by atoms with E-state index in [2.05, 4.69) is 49.1 Å². The maximum atomic E-state index is 3.52. The van der Waals surface area contributed by atoms with Crippen LogP contribution in [0.1, 0.15) is 45.2 Å². The molecule has 1 rings (SSSR count). The van der Waals surface area contributed by atoms with E-state index in [9.17, 15) is 0 Å². The van der Waals surface area contributed by atoms with Gasteiger partial charge in [0.1, 0.15) is 0 Å². The fraction of sp³-hybridized carbons (Fsp3) is 0.667. The fourth-order valence-corrected chi connectivity index (χ4v) is 1.53. The van der Waals surface area contributed by atoms with Crippen LogP contribution in [-0.2, 0) is 6.54 Å². The summed E-state index contributed by atoms with van der Waals surface area (Å²) in [4.78, 5) is 0. The van der Waals surface area contributed by atoms with Crippen molar-refractivity contribution in [3.8, 4) is 0 Å². The molecule has 0 bridgehead atoms. The molecule has 80 valence electrons. The largest absolute Gasteiger partial charge is 0.354 e. The molecule has 2 heteroatoms. The van der Waals surface area contributed by atoms with Gasteiger partial charge < -0.3 is 9.88 Å². The zero-order chi connectivity index (χ0) is 10.4. The molecule has 1 heterocycles. The standard InChI is InChI=1S/C12H22N2/c1-4-6-8-13-11(3)12-7-9-14(5-2)10-12/h7,9-11,13H,4-6,8H2,1-3H3/t11-/m0/s1. The van der Waals surface area contributed by atoms with Gasteiger partial charge in [0.05, 0.1) is 0 Å². The second kappa shape index (κ2) is 5.86. The van der Waals surface area contributed by atoms with E-state index in [-0.39, 0.29) is 0 Å². The highest BCUT2D eigenvalue weighted by Crippen LogP contribution is 2.12. The van der Waals surface area contributed by atoms with Crippen molar-refractivity contribution in [2.24, 2.45) is 0 Å². The van der Waals surface area contributed by atoms with Crippen molar-refractivity contribution in [3.63, 3.8) is 0 Å². The number of hydrogen-bond donors (Lipinski definition) is 1. The van der Waals surface area contributed by atoms with Crippen LogP contribution in [0, 0.1) is 0 Å². The summed E-state index contributed by atoms with van der Waals surface area (Å²) in [6.45, 7) is 8.79. The lowest BCUT2D eigenvalue weighted by Crippen LogP contribution is -2.19. The topological polar surface area (TPSA) is 17.0 Å². The van der Waals surface area contributed by atoms with Crippen LogP contribution >= 0.6 is 0 Å². The van der Waals surface area contributed by atoms with Crippen molar-refractivity contribution in [2.45, 2.75) is 46.2 Å². The number of hydrogen-bond acceptors (Lipinski definition) is 1. The van der Waals surface area contributed by atoms with Crippen LogP contribution in [0.5, 0.6) is 0 Å². The zero-order valence-corrected chi connectivity index (χ0v) is 9.59. The molecule has 1 aromatic rings. The average molecular weight is 194 g/mol. The predicted octanol–water partition coefficient (Wildman–Crippen LogP) is 2.96. The second-order valence-corrected chi connectivity index (χ2v) is 3.80. The minimum Gasteiger partial charge on any atom is -0.354 e. The molecule has 0 aliphatic carbocycles. The third-order valence-corrected chi connectivity index (χ3v) is 2.62. The first-order valence-corrected chi connectivity index (χ1v) is 5.67. The summed E-state index contributed by atoms with van der Waals surface area (Å²) >= 11 is 0. The fourth-order valence-electron chi connectivity index (χ4n) is 1.53. The van der Waals surface area contributed by atoms with Gasteiger partial charge in [0.25, 0.3) is 0 Å². The van der Waals surface area contributed by atoms with Gasteiger partial charge >= 0.3 is 0 Å². The summed E-state index contributed by atoms with van der Waals surface area (Å²) in [6, 6.07) is 2.68. The Kier molecular flexibility index (Phi) is 4.74. The zero-order valence-electron chi connectivity index (χ0n) is 9.59. The molecule has 0 saturated carbocycles. The lowest BCUT2D eigenvalue weighted by atomic mass is 10.2. The predicted molar refractivity (Wildman–Crippen MR) is 61.4 cm³/mol. The van der Waals surface area contributed by atoms with Gasteiger partial charge in [-0.2, -0.15) is 0 Å². The molecule has 0 saturated heterocycles. The van der Waals surface area contributed by atoms with E-state index in [1.165, 1.54) is 18.4 Å². The third kappa shape index (κ3) is 3.18. The Morgan fingerprint density at radius 1 is 1.43 bits per heavy atom. The van der Waals surface area contributed by atoms with Gasteiger partial charge in [-0.05, 0) is 38.4 Å². The molecule has 0 amide bonds. The van der Waals surface area contributed by atoms with Crippen LogP contribution in [0.25, 0.3) is 0 Å². The smallest absolute Gasteiger partial charge is 0.0306 e. The highest BCUT2D eigenvalue weighted by Gasteiger charge is 2.04. The van der Waals surface area contributed by atoms with Crippen LogP contribution in [0.15, 0.2) is 18.5 Å². The Bertz CT molecular complexity index is 253. The first-order chi connectivity index (χ1) is 6.77. The minimum atomic E-state index is 0.481. The van der Waals surface area contributed by atoms with Crippen molar-refractivity contribution in [1.29, 1.82) is 0 Å². The number of rotatable bonds is 6. The Morgan fingerprint density at radius 2 is 2.21 bits per heavy atom. The summed E-state index contributed by atoms with van der Waals surface area (Å²) in [7, 11) is 0. The highest BCUT2D eigenvalue weighted by atomic mass is 14.9. The summed E-state index contributed by atoms with van der Waals surface area (Å²) in [5, 5.41) is 3.52. The monoisotopic (exact) mass is 194 g/mol. The Labute approximate surface area is 87.3 Å². The van der Waals surface area contributed by atoms with Crippen molar-refractivity contribution in [1.82, 2.24) is 9.88 Å². The molecule has 2 nitrogen and oxygen atoms in total. The molecule has 0 unspecified atom stereocenters. The molecule has 0 radical (unpaired) electrons. The summed E-state index contributed by atoms with van der Waals surface area (Å²) < 4.78 is 2.22. The minimum absolute atomic E-state index is 0.481. The van der Waals surface area contributed by atoms with E-state index in [1.54, 1.807) is 0 Å². The Balaban J connectivity index is 2.39. The van der Waals surface area contributed by atoms with Crippen LogP contribution in [0.3, 0.4) is 0 Å². The molecule has 14 heavy (non-hydrogen) atoms. The first kappa shape index (κ1) is 11.3. The van der Waals surface area contributed by atoms with Crippen molar-refractivity contribution in [3.05, 3.63) is 24.0 Å². The molecule has 0 aromatic carbocycles. The summed E-state index contributed by atoms with van der Waals surface area (Å²) in [5.74, 6) is 0. The molecule has 1 atom stereocenters. The van der Waals surface area contributed by atoms with E-state index in [1.807, 2.05) is 0 Å². The number of aryl methyl sites for hydroxylation is 1. The maximum absolute atomic E-state index is 3.52. The SMILES string of the molecule is CCCCN[C@@H](C)c1ccn(CC)c1. The molecule has 0 fully saturated rings. The normalized spacial score (nSPS) is 13.1. The lowest BCUT2D eigenvalue weighted by Gasteiger charge is -2.11. The van der Waals surface area contributed by atoms with Gasteiger partial charge in [-0.25, -0.2) is 0 Å². The molecule has 1 N–H and O–H groups in total. The van der Waals surface area contributed by atoms with Gasteiger partial charge in [0.15, 0.2) is 0 Å². The van der Waals surface area contributed by atoms with E-state index in [0.717, 1.165) is 13.1 Å². The lowest BCUT2D eigenvalue weighted by molar-refractivity contribution is 0.553. The van der Waals surface area contributed by atoms with E-state index in [4.69, 9.17) is 0 Å². The van der Waals surface area contributed by atoms with E-state index >= 15 is 0 Å². The molecule has 0 spiro atoms. The second-order valence-electron chi connectivity index (χ2n) is 3.80. The van der Waals surface area contributed by atoms with Gasteiger partial charge in [0, 0.05) is 25.0 Å². The number of aromatic nitrogens is 1. The summed E-state index contributed by atoms with van der Waals surface area (Å²) in [5.41, 5.74) is 1.39. The highest BCUT2D eigenvalue weighted by molar-refractivity contribution is 5.14. The van der Waals surface area contributed by atoms with Gasteiger partial charge in [-0.15, -0.1) is 0 Å². The molecule has 1 aromatic heterocycles. The average Bonchev–Trinajstić information content (AvgIpc) is 2.66. The molecule has 0 aliphatic heterocycles. The van der Waals surface area contributed by atoms with Crippen LogP contribution in [0.2, 0.25) is 0 Å². The number of nitrogens with one attached hydrogen (secondary N) is 1. The third-order valence-electron chi connectivity index (χ3n) is 2.62. The van der Waals surface area contributed by atoms with Gasteiger partial charge in [0.2, 0.25) is 0 Å². The van der Waals surface area contributed by atoms with Crippen molar-refractivity contribution >= 4 is 0 Å². The number of unbranched alkanes of at least 4 members (excludes halogenated alkanes) is 1. The quantitative estimate of drug-likeness (QED) is 0.689. The Hall–Kier alpha value is -0.760. The summed E-state index contributed by atoms with van der Waals surface area (Å²) in [6.07, 6.45) is 6.89. The van der Waals surface area contributed by atoms with Crippen LogP contribution < -0.4 is 5.32 Å². The van der Waals surface area contributed by atoms with Crippen molar-refractivity contribution < 1.29 is 0 Å². The van der Waals surface area contributed by atoms with E-state index < -0.39 is 0 Å². The maximum Gasteiger partial charge on any atom is 0.0306 e. The molecule has 0 aliphatic rings. The number of nitrogens with zero attached hydrogens (tertiary/aromatic N) is 1. The van der Waals surface area contributed by atoms with E-state index in [0.29, 0.717) is 6.04 Å². The molecular weight excluding hydrogens is 172 g/mol. The van der Waals surface area contributed by atoms with Crippen LogP contribution in [0.4, 0.5) is 0 Å². The van der Waals surface area contributed by atoms with Gasteiger partial charge in [-0.1, -0.05) is 13.3 Å². The Morgan fingerprint density at radius 3 is 2.79 bits per heavy atom. The first-order valence-electron chi connectivity index (χ1n) is 5.67. The molecular formula is C12H22N2. The van der Waals surface area contributed by atoms with Gasteiger partial charge in [-0.3, -0.25) is 0 Å². The van der Waals surface area contributed by atoms with Crippen molar-refractivity contribution in [2.75, 3.05) is 6.54 Å². The van der Waals surface area contributed by atoms with Crippen LogP contribution in [-0.4, -0.2) is 11.1 Å².